The van der Waals surface area contributed by atoms with E-state index in [0.29, 0.717) is 24.1 Å². The minimum Gasteiger partial charge on any atom is -0.364 e. The number of halogens is 2. The molecule has 0 saturated heterocycles. The Bertz CT molecular complexity index is 555. The first-order valence-corrected chi connectivity index (χ1v) is 6.75. The second-order valence-corrected chi connectivity index (χ2v) is 5.41. The van der Waals surface area contributed by atoms with Gasteiger partial charge in [0.1, 0.15) is 0 Å². The molecule has 1 aromatic rings. The second-order valence-electron chi connectivity index (χ2n) is 5.41. The smallest absolute Gasteiger partial charge is 0.294 e. The highest BCUT2D eigenvalue weighted by atomic mass is 19.3. The lowest BCUT2D eigenvalue weighted by Crippen LogP contribution is -2.57. The van der Waals surface area contributed by atoms with Crippen molar-refractivity contribution < 1.29 is 18.7 Å². The fourth-order valence-electron chi connectivity index (χ4n) is 2.33. The molecule has 21 heavy (non-hydrogen) atoms. The van der Waals surface area contributed by atoms with Crippen LogP contribution in [0.2, 0.25) is 0 Å². The molecule has 0 fully saturated rings. The molecule has 0 aromatic heterocycles. The van der Waals surface area contributed by atoms with Gasteiger partial charge in [-0.3, -0.25) is 4.79 Å². The number of aryl methyl sites for hydroxylation is 1. The van der Waals surface area contributed by atoms with Crippen molar-refractivity contribution in [3.8, 4) is 0 Å². The number of carbonyl (C=O) groups is 1. The number of aliphatic hydroxyl groups is 1. The maximum absolute atomic E-state index is 13.6. The molecule has 114 valence electrons. The summed E-state index contributed by atoms with van der Waals surface area (Å²) < 4.78 is 27.3. The molecule has 0 radical (unpaired) electrons. The van der Waals surface area contributed by atoms with Crippen molar-refractivity contribution in [3.63, 3.8) is 0 Å². The maximum atomic E-state index is 13.6. The van der Waals surface area contributed by atoms with Crippen molar-refractivity contribution in [1.82, 2.24) is 5.01 Å². The molecule has 1 heterocycles. The number of alkyl halides is 2. The zero-order chi connectivity index (χ0) is 15.7. The Hall–Kier alpha value is -1.82. The standard InChI is InChI=1S/C15H18F2N2O2/c1-11-10-15(21,14(2,16)17)19(18-11)13(20)9-8-12-6-4-3-5-7-12/h3-7,21H,8-10H2,1-2H3/t15-/m1/s1. The first-order valence-electron chi connectivity index (χ1n) is 6.75. The van der Waals surface area contributed by atoms with Crippen molar-refractivity contribution in [3.05, 3.63) is 35.9 Å². The lowest BCUT2D eigenvalue weighted by molar-refractivity contribution is -0.235. The second kappa shape index (κ2) is 5.52. The third-order valence-electron chi connectivity index (χ3n) is 3.53. The summed E-state index contributed by atoms with van der Waals surface area (Å²) in [6.45, 7) is 2.11. The lowest BCUT2D eigenvalue weighted by Gasteiger charge is -2.35. The van der Waals surface area contributed by atoms with Crippen LogP contribution in [-0.2, 0) is 11.2 Å². The first kappa shape index (κ1) is 15.6. The minimum absolute atomic E-state index is 0.0131. The van der Waals surface area contributed by atoms with E-state index in [9.17, 15) is 18.7 Å². The summed E-state index contributed by atoms with van der Waals surface area (Å²) in [5.41, 5.74) is -1.32. The van der Waals surface area contributed by atoms with Crippen LogP contribution in [0.4, 0.5) is 8.78 Å². The Labute approximate surface area is 122 Å². The van der Waals surface area contributed by atoms with E-state index in [1.807, 2.05) is 30.3 Å². The molecule has 0 bridgehead atoms. The highest BCUT2D eigenvalue weighted by Crippen LogP contribution is 2.39. The number of hydrogen-bond donors (Lipinski definition) is 1. The van der Waals surface area contributed by atoms with E-state index in [2.05, 4.69) is 5.10 Å². The quantitative estimate of drug-likeness (QED) is 0.928. The van der Waals surface area contributed by atoms with E-state index in [1.54, 1.807) is 0 Å². The van der Waals surface area contributed by atoms with E-state index < -0.39 is 17.6 Å². The topological polar surface area (TPSA) is 52.9 Å². The Kier molecular flexibility index (Phi) is 4.09. The van der Waals surface area contributed by atoms with Gasteiger partial charge in [-0.05, 0) is 18.9 Å². The minimum atomic E-state index is -3.45. The molecule has 6 heteroatoms. The van der Waals surface area contributed by atoms with Gasteiger partial charge in [-0.1, -0.05) is 30.3 Å². The molecule has 0 saturated carbocycles. The van der Waals surface area contributed by atoms with Crippen molar-refractivity contribution >= 4 is 11.6 Å². The van der Waals surface area contributed by atoms with Crippen molar-refractivity contribution in [2.45, 2.75) is 44.8 Å². The molecular formula is C15H18F2N2O2. The molecule has 4 nitrogen and oxygen atoms in total. The highest BCUT2D eigenvalue weighted by Gasteiger charge is 2.58. The summed E-state index contributed by atoms with van der Waals surface area (Å²) in [6, 6.07) is 9.25. The van der Waals surface area contributed by atoms with E-state index in [4.69, 9.17) is 0 Å². The number of nitrogens with zero attached hydrogens (tertiary/aromatic N) is 2. The van der Waals surface area contributed by atoms with Crippen LogP contribution >= 0.6 is 0 Å². The molecule has 0 spiro atoms. The van der Waals surface area contributed by atoms with E-state index >= 15 is 0 Å². The SMILES string of the molecule is CC1=NN(C(=O)CCc2ccccc2)[C@](O)(C(C)(F)F)C1. The van der Waals surface area contributed by atoms with E-state index in [0.717, 1.165) is 5.56 Å². The molecule has 1 aliphatic rings. The van der Waals surface area contributed by atoms with Crippen LogP contribution in [0.5, 0.6) is 0 Å². The molecule has 0 aliphatic carbocycles. The third-order valence-corrected chi connectivity index (χ3v) is 3.53. The molecule has 1 N–H and O–H groups in total. The van der Waals surface area contributed by atoms with Gasteiger partial charge in [0, 0.05) is 25.5 Å². The Balaban J connectivity index is 2.10. The van der Waals surface area contributed by atoms with Gasteiger partial charge < -0.3 is 5.11 Å². The van der Waals surface area contributed by atoms with Crippen LogP contribution in [0, 0.1) is 0 Å². The van der Waals surface area contributed by atoms with Crippen LogP contribution in [0.1, 0.15) is 32.3 Å². The Morgan fingerprint density at radius 1 is 1.43 bits per heavy atom. The molecule has 2 rings (SSSR count). The lowest BCUT2D eigenvalue weighted by atomic mass is 10.0. The Morgan fingerprint density at radius 2 is 2.05 bits per heavy atom. The summed E-state index contributed by atoms with van der Waals surface area (Å²) in [5, 5.41) is 14.5. The van der Waals surface area contributed by atoms with Gasteiger partial charge in [-0.2, -0.15) is 10.1 Å². The molecule has 0 unspecified atom stereocenters. The summed E-state index contributed by atoms with van der Waals surface area (Å²) in [7, 11) is 0. The maximum Gasteiger partial charge on any atom is 0.294 e. The van der Waals surface area contributed by atoms with Crippen LogP contribution in [-0.4, -0.2) is 33.4 Å². The van der Waals surface area contributed by atoms with Gasteiger partial charge in [0.25, 0.3) is 5.92 Å². The van der Waals surface area contributed by atoms with Gasteiger partial charge in [-0.25, -0.2) is 8.78 Å². The summed E-state index contributed by atoms with van der Waals surface area (Å²) in [6.07, 6.45) is 0.0862. The number of rotatable bonds is 4. The van der Waals surface area contributed by atoms with Gasteiger partial charge in [0.05, 0.1) is 0 Å². The largest absolute Gasteiger partial charge is 0.364 e. The number of amides is 1. The monoisotopic (exact) mass is 296 g/mol. The van der Waals surface area contributed by atoms with Gasteiger partial charge in [-0.15, -0.1) is 0 Å². The fourth-order valence-corrected chi connectivity index (χ4v) is 2.33. The van der Waals surface area contributed by atoms with Gasteiger partial charge >= 0.3 is 0 Å². The summed E-state index contributed by atoms with van der Waals surface area (Å²) >= 11 is 0. The zero-order valence-electron chi connectivity index (χ0n) is 12.0. The van der Waals surface area contributed by atoms with E-state index in [1.165, 1.54) is 6.92 Å². The molecular weight excluding hydrogens is 278 g/mol. The van der Waals surface area contributed by atoms with Crippen molar-refractivity contribution in [2.75, 3.05) is 0 Å². The van der Waals surface area contributed by atoms with Gasteiger partial charge in [0.2, 0.25) is 11.6 Å². The predicted molar refractivity (Wildman–Crippen MR) is 74.9 cm³/mol. The van der Waals surface area contributed by atoms with Crippen molar-refractivity contribution in [1.29, 1.82) is 0 Å². The van der Waals surface area contributed by atoms with Crippen LogP contribution in [0.3, 0.4) is 0 Å². The van der Waals surface area contributed by atoms with Crippen LogP contribution in [0.25, 0.3) is 0 Å². The van der Waals surface area contributed by atoms with Gasteiger partial charge in [0.15, 0.2) is 0 Å². The molecule has 1 amide bonds. The van der Waals surface area contributed by atoms with Crippen LogP contribution in [0.15, 0.2) is 35.4 Å². The normalized spacial score (nSPS) is 22.3. The number of carbonyl (C=O) groups excluding carboxylic acids is 1. The number of hydrazone groups is 1. The summed E-state index contributed by atoms with van der Waals surface area (Å²) in [4.78, 5) is 12.2. The average Bonchev–Trinajstić information content (AvgIpc) is 2.73. The first-order chi connectivity index (χ1) is 9.74. The molecule has 1 aromatic carbocycles. The fraction of sp³-hybridized carbons (Fsp3) is 0.467. The highest BCUT2D eigenvalue weighted by molar-refractivity contribution is 5.89. The number of hydrogen-bond acceptors (Lipinski definition) is 3. The predicted octanol–water partition coefficient (Wildman–Crippen LogP) is 2.57. The summed E-state index contributed by atoms with van der Waals surface area (Å²) in [5.74, 6) is -4.06. The number of benzene rings is 1. The van der Waals surface area contributed by atoms with Crippen molar-refractivity contribution in [2.24, 2.45) is 5.10 Å². The van der Waals surface area contributed by atoms with E-state index in [-0.39, 0.29) is 12.8 Å². The Morgan fingerprint density at radius 3 is 2.62 bits per heavy atom. The zero-order valence-corrected chi connectivity index (χ0v) is 12.0. The molecule has 1 atom stereocenters. The third kappa shape index (κ3) is 3.10. The van der Waals surface area contributed by atoms with Crippen LogP contribution < -0.4 is 0 Å². The molecule has 1 aliphatic heterocycles. The average molecular weight is 296 g/mol.